The SMILES string of the molecule is CC1(O)C2CNCC1CSC2. The summed E-state index contributed by atoms with van der Waals surface area (Å²) in [6.45, 7) is 4.00. The molecule has 11 heavy (non-hydrogen) atoms. The van der Waals surface area contributed by atoms with Gasteiger partial charge in [0, 0.05) is 36.4 Å². The van der Waals surface area contributed by atoms with E-state index in [4.69, 9.17) is 0 Å². The number of hydrogen-bond acceptors (Lipinski definition) is 3. The molecule has 0 amide bonds. The Morgan fingerprint density at radius 2 is 1.91 bits per heavy atom. The highest BCUT2D eigenvalue weighted by Crippen LogP contribution is 2.38. The third-order valence-corrected chi connectivity index (χ3v) is 4.35. The van der Waals surface area contributed by atoms with Crippen LogP contribution in [0.2, 0.25) is 0 Å². The second-order valence-electron chi connectivity index (χ2n) is 3.82. The molecule has 2 aliphatic rings. The number of nitrogens with one attached hydrogen (secondary N) is 1. The van der Waals surface area contributed by atoms with E-state index in [1.165, 1.54) is 0 Å². The Kier molecular flexibility index (Phi) is 1.90. The topological polar surface area (TPSA) is 32.3 Å². The van der Waals surface area contributed by atoms with Crippen molar-refractivity contribution in [1.29, 1.82) is 0 Å². The van der Waals surface area contributed by atoms with Crippen molar-refractivity contribution in [2.24, 2.45) is 11.8 Å². The molecule has 2 nitrogen and oxygen atoms in total. The summed E-state index contributed by atoms with van der Waals surface area (Å²) in [7, 11) is 0. The standard InChI is InChI=1S/C8H15NOS/c1-8(10)6-2-9-3-7(8)5-11-4-6/h6-7,9-10H,2-5H2,1H3. The fraction of sp³-hybridized carbons (Fsp3) is 1.00. The molecule has 2 bridgehead atoms. The summed E-state index contributed by atoms with van der Waals surface area (Å²) >= 11 is 1.99. The van der Waals surface area contributed by atoms with Crippen LogP contribution in [-0.2, 0) is 0 Å². The Morgan fingerprint density at radius 3 is 2.36 bits per heavy atom. The summed E-state index contributed by atoms with van der Waals surface area (Å²) in [4.78, 5) is 0. The predicted molar refractivity (Wildman–Crippen MR) is 47.8 cm³/mol. The lowest BCUT2D eigenvalue weighted by molar-refractivity contribution is -0.0578. The van der Waals surface area contributed by atoms with Crippen LogP contribution in [0.1, 0.15) is 6.92 Å². The van der Waals surface area contributed by atoms with E-state index in [2.05, 4.69) is 5.32 Å². The first-order chi connectivity index (χ1) is 5.21. The molecular formula is C8H15NOS. The van der Waals surface area contributed by atoms with E-state index in [1.54, 1.807) is 0 Å². The Hall–Kier alpha value is 0.270. The van der Waals surface area contributed by atoms with Gasteiger partial charge in [-0.1, -0.05) is 0 Å². The van der Waals surface area contributed by atoms with Crippen molar-refractivity contribution < 1.29 is 5.11 Å². The second-order valence-corrected chi connectivity index (χ2v) is 4.89. The zero-order chi connectivity index (χ0) is 7.90. The molecule has 2 rings (SSSR count). The first-order valence-corrected chi connectivity index (χ1v) is 5.37. The van der Waals surface area contributed by atoms with Gasteiger partial charge < -0.3 is 10.4 Å². The minimum absolute atomic E-state index is 0.392. The Morgan fingerprint density at radius 1 is 1.36 bits per heavy atom. The van der Waals surface area contributed by atoms with Crippen LogP contribution in [0.5, 0.6) is 0 Å². The molecule has 2 saturated heterocycles. The van der Waals surface area contributed by atoms with Crippen LogP contribution in [0.3, 0.4) is 0 Å². The first-order valence-electron chi connectivity index (χ1n) is 4.22. The van der Waals surface area contributed by atoms with Gasteiger partial charge in [-0.2, -0.15) is 11.8 Å². The number of fused-ring (bicyclic) bond motifs is 2. The number of hydrogen-bond donors (Lipinski definition) is 2. The van der Waals surface area contributed by atoms with Gasteiger partial charge in [0.05, 0.1) is 5.60 Å². The number of rotatable bonds is 0. The number of piperidine rings is 1. The zero-order valence-corrected chi connectivity index (χ0v) is 7.66. The van der Waals surface area contributed by atoms with Crippen LogP contribution in [0.25, 0.3) is 0 Å². The molecule has 0 aliphatic carbocycles. The maximum Gasteiger partial charge on any atom is 0.0715 e. The molecule has 2 unspecified atom stereocenters. The summed E-state index contributed by atoms with van der Waals surface area (Å²) in [5.41, 5.74) is -0.392. The van der Waals surface area contributed by atoms with Crippen LogP contribution in [0, 0.1) is 11.8 Å². The molecule has 2 atom stereocenters. The highest BCUT2D eigenvalue weighted by molar-refractivity contribution is 7.99. The minimum atomic E-state index is -0.392. The van der Waals surface area contributed by atoms with Crippen LogP contribution in [-0.4, -0.2) is 35.3 Å². The van der Waals surface area contributed by atoms with Crippen molar-refractivity contribution in [2.75, 3.05) is 24.6 Å². The first kappa shape index (κ1) is 7.90. The van der Waals surface area contributed by atoms with Gasteiger partial charge in [0.25, 0.3) is 0 Å². The van der Waals surface area contributed by atoms with Gasteiger partial charge in [0.15, 0.2) is 0 Å². The van der Waals surface area contributed by atoms with E-state index in [1.807, 2.05) is 18.7 Å². The normalized spacial score (nSPS) is 50.7. The average Bonchev–Trinajstić information content (AvgIpc) is 1.82. The Labute approximate surface area is 71.7 Å². The zero-order valence-electron chi connectivity index (χ0n) is 6.84. The number of aliphatic hydroxyl groups is 1. The van der Waals surface area contributed by atoms with Gasteiger partial charge in [-0.05, 0) is 6.92 Å². The molecular weight excluding hydrogens is 158 g/mol. The molecule has 3 heteroatoms. The fourth-order valence-electron chi connectivity index (χ4n) is 1.99. The lowest BCUT2D eigenvalue weighted by Crippen LogP contribution is -2.59. The maximum atomic E-state index is 10.1. The molecule has 0 aromatic heterocycles. The van der Waals surface area contributed by atoms with E-state index in [0.29, 0.717) is 11.8 Å². The van der Waals surface area contributed by atoms with Gasteiger partial charge >= 0.3 is 0 Å². The summed E-state index contributed by atoms with van der Waals surface area (Å²) < 4.78 is 0. The highest BCUT2D eigenvalue weighted by Gasteiger charge is 2.44. The largest absolute Gasteiger partial charge is 0.389 e. The van der Waals surface area contributed by atoms with Gasteiger partial charge in [-0.25, -0.2) is 0 Å². The smallest absolute Gasteiger partial charge is 0.0715 e. The summed E-state index contributed by atoms with van der Waals surface area (Å²) in [5.74, 6) is 3.19. The third kappa shape index (κ3) is 1.19. The van der Waals surface area contributed by atoms with Crippen LogP contribution in [0.15, 0.2) is 0 Å². The monoisotopic (exact) mass is 173 g/mol. The second kappa shape index (κ2) is 2.64. The lowest BCUT2D eigenvalue weighted by atomic mass is 9.77. The van der Waals surface area contributed by atoms with E-state index >= 15 is 0 Å². The molecule has 0 radical (unpaired) electrons. The highest BCUT2D eigenvalue weighted by atomic mass is 32.2. The van der Waals surface area contributed by atoms with E-state index in [-0.39, 0.29) is 0 Å². The molecule has 0 aromatic carbocycles. The third-order valence-electron chi connectivity index (χ3n) is 3.07. The van der Waals surface area contributed by atoms with Crippen molar-refractivity contribution in [1.82, 2.24) is 5.32 Å². The van der Waals surface area contributed by atoms with Crippen molar-refractivity contribution >= 4 is 11.8 Å². The van der Waals surface area contributed by atoms with E-state index < -0.39 is 5.60 Å². The predicted octanol–water partition coefficient (Wildman–Crippen LogP) is 0.320. The van der Waals surface area contributed by atoms with Gasteiger partial charge in [-0.15, -0.1) is 0 Å². The molecule has 2 fully saturated rings. The van der Waals surface area contributed by atoms with E-state index in [9.17, 15) is 5.11 Å². The Bertz CT molecular complexity index is 136. The van der Waals surface area contributed by atoms with Crippen LogP contribution in [0.4, 0.5) is 0 Å². The molecule has 2 aliphatic heterocycles. The van der Waals surface area contributed by atoms with Crippen LogP contribution >= 0.6 is 11.8 Å². The molecule has 0 aromatic rings. The van der Waals surface area contributed by atoms with E-state index in [0.717, 1.165) is 24.6 Å². The Balaban J connectivity index is 2.17. The molecule has 2 N–H and O–H groups in total. The van der Waals surface area contributed by atoms with Crippen molar-refractivity contribution in [2.45, 2.75) is 12.5 Å². The summed E-state index contributed by atoms with van der Waals surface area (Å²) in [5, 5.41) is 13.5. The average molecular weight is 173 g/mol. The van der Waals surface area contributed by atoms with Crippen LogP contribution < -0.4 is 5.32 Å². The molecule has 0 saturated carbocycles. The quantitative estimate of drug-likeness (QED) is 0.553. The van der Waals surface area contributed by atoms with Gasteiger partial charge in [0.1, 0.15) is 0 Å². The molecule has 0 spiro atoms. The van der Waals surface area contributed by atoms with Crippen molar-refractivity contribution in [3.8, 4) is 0 Å². The van der Waals surface area contributed by atoms with Crippen molar-refractivity contribution in [3.63, 3.8) is 0 Å². The minimum Gasteiger partial charge on any atom is -0.389 e. The molecule has 2 heterocycles. The summed E-state index contributed by atoms with van der Waals surface area (Å²) in [6, 6.07) is 0. The molecule has 64 valence electrons. The fourth-order valence-corrected chi connectivity index (χ4v) is 3.60. The maximum absolute atomic E-state index is 10.1. The van der Waals surface area contributed by atoms with Gasteiger partial charge in [-0.3, -0.25) is 0 Å². The van der Waals surface area contributed by atoms with Gasteiger partial charge in [0.2, 0.25) is 0 Å². The number of thioether (sulfide) groups is 1. The summed E-state index contributed by atoms with van der Waals surface area (Å²) in [6.07, 6.45) is 0. The lowest BCUT2D eigenvalue weighted by Gasteiger charge is -2.47. The van der Waals surface area contributed by atoms with Crippen molar-refractivity contribution in [3.05, 3.63) is 0 Å².